The summed E-state index contributed by atoms with van der Waals surface area (Å²) in [4.78, 5) is 0. The highest BCUT2D eigenvalue weighted by Crippen LogP contribution is 2.29. The van der Waals surface area contributed by atoms with Crippen LogP contribution < -0.4 is 0 Å². The predicted molar refractivity (Wildman–Crippen MR) is 138 cm³/mol. The first-order valence-corrected chi connectivity index (χ1v) is 24.7. The molecule has 0 aromatic carbocycles. The Morgan fingerprint density at radius 1 is 0.440 bits per heavy atom. The number of rotatable bonds is 8. The van der Waals surface area contributed by atoms with Crippen molar-refractivity contribution in [3.63, 3.8) is 0 Å². The minimum Gasteiger partial charge on any atom is -0.437 e. The molecule has 7 heteroatoms. The molecule has 0 heterocycles. The molecule has 0 rings (SSSR count). The normalized spacial score (nSPS) is 13.0. The fraction of sp³-hybridized carbons (Fsp3) is 1.00. The second-order valence-corrected chi connectivity index (χ2v) is 35.1. The zero-order chi connectivity index (χ0) is 17.3. The molecular formula is C18H56O2Si5. The summed E-state index contributed by atoms with van der Waals surface area (Å²) in [5.41, 5.74) is 2.66. The predicted octanol–water partition coefficient (Wildman–Crippen LogP) is 8.43. The maximum atomic E-state index is 6.69. The summed E-state index contributed by atoms with van der Waals surface area (Å²) in [7, 11) is -7.34. The molecule has 0 aromatic rings. The third-order valence-corrected chi connectivity index (χ3v) is 26.6. The van der Waals surface area contributed by atoms with Gasteiger partial charge in [-0.1, -0.05) is 69.0 Å². The summed E-state index contributed by atoms with van der Waals surface area (Å²) >= 11 is 0. The van der Waals surface area contributed by atoms with Crippen molar-refractivity contribution >= 4 is 41.3 Å². The smallest absolute Gasteiger partial charge is 0.311 e. The fourth-order valence-corrected chi connectivity index (χ4v) is 37.5. The van der Waals surface area contributed by atoms with E-state index in [9.17, 15) is 0 Å². The Balaban J connectivity index is -0.000000333. The van der Waals surface area contributed by atoms with Gasteiger partial charge in [-0.25, -0.2) is 0 Å². The first kappa shape index (κ1) is 36.9. The van der Waals surface area contributed by atoms with E-state index in [2.05, 4.69) is 78.6 Å². The first-order valence-electron chi connectivity index (χ1n) is 8.23. The van der Waals surface area contributed by atoms with E-state index >= 15 is 0 Å². The van der Waals surface area contributed by atoms with E-state index < -0.39 is 41.3 Å². The van der Waals surface area contributed by atoms with Gasteiger partial charge < -0.3 is 8.23 Å². The summed E-state index contributed by atoms with van der Waals surface area (Å²) < 4.78 is 13.4. The molecule has 0 aliphatic carbocycles. The lowest BCUT2D eigenvalue weighted by Gasteiger charge is -2.41. The Bertz CT molecular complexity index is 310. The number of hydrogen-bond donors (Lipinski definition) is 0. The van der Waals surface area contributed by atoms with E-state index in [1.807, 2.05) is 0 Å². The van der Waals surface area contributed by atoms with Crippen LogP contribution in [0.15, 0.2) is 0 Å². The maximum absolute atomic E-state index is 6.69. The third kappa shape index (κ3) is 21.2. The molecule has 25 heavy (non-hydrogen) atoms. The highest BCUT2D eigenvalue weighted by molar-refractivity contribution is 6.98. The van der Waals surface area contributed by atoms with Gasteiger partial charge in [0.15, 0.2) is 16.6 Å². The highest BCUT2D eigenvalue weighted by atomic mass is 28.5. The molecular weight excluding hydrogens is 389 g/mol. The SMILES string of the molecule is C.C.C.C.C[Si](C)(C)C[Si](C)(C)O[Si](C)(C)O[Si](C)(C)C[Si](C)(C)C. The van der Waals surface area contributed by atoms with Gasteiger partial charge in [0.2, 0.25) is 0 Å². The van der Waals surface area contributed by atoms with Crippen molar-refractivity contribution in [2.24, 2.45) is 0 Å². The van der Waals surface area contributed by atoms with E-state index in [-0.39, 0.29) is 29.7 Å². The third-order valence-electron chi connectivity index (χ3n) is 2.96. The molecule has 0 atom stereocenters. The molecule has 0 radical (unpaired) electrons. The van der Waals surface area contributed by atoms with Crippen molar-refractivity contribution < 1.29 is 8.23 Å². The van der Waals surface area contributed by atoms with Gasteiger partial charge in [0, 0.05) is 16.1 Å². The monoisotopic (exact) mass is 444 g/mol. The van der Waals surface area contributed by atoms with Gasteiger partial charge in [-0.3, -0.25) is 0 Å². The van der Waals surface area contributed by atoms with E-state index in [1.54, 1.807) is 0 Å². The Hall–Kier alpha value is 1.00. The van der Waals surface area contributed by atoms with Gasteiger partial charge in [0.1, 0.15) is 0 Å². The fourth-order valence-electron chi connectivity index (χ4n) is 3.98. The molecule has 0 aliphatic rings. The minimum absolute atomic E-state index is 0. The zero-order valence-electron chi connectivity index (χ0n) is 16.7. The van der Waals surface area contributed by atoms with Crippen LogP contribution in [0.4, 0.5) is 0 Å². The van der Waals surface area contributed by atoms with Crippen LogP contribution in [0, 0.1) is 0 Å². The Morgan fingerprint density at radius 3 is 0.800 bits per heavy atom. The number of hydrogen-bond acceptors (Lipinski definition) is 2. The summed E-state index contributed by atoms with van der Waals surface area (Å²) in [5.74, 6) is 0. The van der Waals surface area contributed by atoms with Gasteiger partial charge in [-0.2, -0.15) is 0 Å². The quantitative estimate of drug-likeness (QED) is 0.349. The summed E-state index contributed by atoms with van der Waals surface area (Å²) in [6.07, 6.45) is 0. The standard InChI is InChI=1S/C14H40O2Si5.4CH4/c1-17(2,3)13-19(7,8)15-21(11,12)16-20(9,10)14-18(4,5)6;;;;/h13-14H2,1-12H3;4*1H4. The van der Waals surface area contributed by atoms with E-state index in [0.29, 0.717) is 0 Å². The van der Waals surface area contributed by atoms with Crippen LogP contribution in [0.5, 0.6) is 0 Å². The molecule has 0 aromatic heterocycles. The zero-order valence-corrected chi connectivity index (χ0v) is 21.7. The van der Waals surface area contributed by atoms with Gasteiger partial charge in [-0.15, -0.1) is 0 Å². The lowest BCUT2D eigenvalue weighted by Crippen LogP contribution is -2.55. The average Bonchev–Trinajstić information content (AvgIpc) is 1.83. The summed E-state index contributed by atoms with van der Waals surface area (Å²) in [6, 6.07) is 0. The Kier molecular flexibility index (Phi) is 17.3. The van der Waals surface area contributed by atoms with Gasteiger partial charge in [0.25, 0.3) is 0 Å². The van der Waals surface area contributed by atoms with Crippen LogP contribution in [-0.4, -0.2) is 41.3 Å². The molecule has 0 saturated carbocycles. The molecule has 0 unspecified atom stereocenters. The van der Waals surface area contributed by atoms with Crippen LogP contribution in [0.3, 0.4) is 0 Å². The van der Waals surface area contributed by atoms with Crippen LogP contribution in [0.25, 0.3) is 0 Å². The molecule has 0 N–H and O–H groups in total. The van der Waals surface area contributed by atoms with Crippen LogP contribution in [0.2, 0.25) is 89.9 Å². The highest BCUT2D eigenvalue weighted by Gasteiger charge is 2.42. The Labute approximate surface area is 169 Å². The van der Waals surface area contributed by atoms with Crippen molar-refractivity contribution in [1.29, 1.82) is 0 Å². The largest absolute Gasteiger partial charge is 0.437 e. The van der Waals surface area contributed by atoms with Gasteiger partial charge >= 0.3 is 8.56 Å². The van der Waals surface area contributed by atoms with Crippen molar-refractivity contribution in [3.05, 3.63) is 0 Å². The summed E-state index contributed by atoms with van der Waals surface area (Å²) in [5, 5.41) is 0. The van der Waals surface area contributed by atoms with E-state index in [1.165, 1.54) is 11.3 Å². The van der Waals surface area contributed by atoms with Crippen LogP contribution in [-0.2, 0) is 8.23 Å². The van der Waals surface area contributed by atoms with E-state index in [4.69, 9.17) is 8.23 Å². The maximum Gasteiger partial charge on any atom is 0.311 e. The van der Waals surface area contributed by atoms with Gasteiger partial charge in [0.05, 0.1) is 0 Å². The van der Waals surface area contributed by atoms with Crippen molar-refractivity contribution in [3.8, 4) is 0 Å². The molecule has 0 amide bonds. The summed E-state index contributed by atoms with van der Waals surface area (Å²) in [6.45, 7) is 28.8. The molecule has 0 saturated heterocycles. The molecule has 160 valence electrons. The van der Waals surface area contributed by atoms with Crippen molar-refractivity contribution in [2.75, 3.05) is 0 Å². The second-order valence-electron chi connectivity index (χ2n) is 10.6. The Morgan fingerprint density at radius 2 is 0.640 bits per heavy atom. The lowest BCUT2D eigenvalue weighted by molar-refractivity contribution is 0.393. The van der Waals surface area contributed by atoms with Crippen molar-refractivity contribution in [1.82, 2.24) is 0 Å². The minimum atomic E-state index is -2.01. The molecule has 2 nitrogen and oxygen atoms in total. The van der Waals surface area contributed by atoms with Crippen molar-refractivity contribution in [2.45, 2.75) is 120 Å². The molecule has 0 spiro atoms. The lowest BCUT2D eigenvalue weighted by atomic mass is 11.7. The van der Waals surface area contributed by atoms with Crippen LogP contribution in [0.1, 0.15) is 29.7 Å². The van der Waals surface area contributed by atoms with Gasteiger partial charge in [-0.05, 0) is 50.6 Å². The average molecular weight is 445 g/mol. The second kappa shape index (κ2) is 11.8. The molecule has 0 fully saturated rings. The van der Waals surface area contributed by atoms with E-state index in [0.717, 1.165) is 0 Å². The molecule has 0 aliphatic heterocycles. The van der Waals surface area contributed by atoms with Crippen LogP contribution >= 0.6 is 0 Å². The first-order chi connectivity index (χ1) is 8.83. The molecule has 0 bridgehead atoms. The topological polar surface area (TPSA) is 18.5 Å².